The van der Waals surface area contributed by atoms with Gasteiger partial charge in [-0.15, -0.1) is 0 Å². The van der Waals surface area contributed by atoms with Gasteiger partial charge in [0.05, 0.1) is 0 Å². The number of rotatable bonds is 5. The van der Waals surface area contributed by atoms with Gasteiger partial charge in [0, 0.05) is 13.0 Å². The molecule has 0 radical (unpaired) electrons. The molecule has 0 spiro atoms. The molecule has 0 saturated carbocycles. The third-order valence-corrected chi connectivity index (χ3v) is 2.19. The van der Waals surface area contributed by atoms with Crippen molar-refractivity contribution in [1.82, 2.24) is 5.32 Å². The van der Waals surface area contributed by atoms with Crippen LogP contribution in [0, 0.1) is 17.5 Å². The minimum Gasteiger partial charge on any atom is -0.313 e. The zero-order chi connectivity index (χ0) is 13.8. The number of hydrogen-bond donors (Lipinski definition) is 1. The second-order valence-corrected chi connectivity index (χ2v) is 3.77. The highest BCUT2D eigenvalue weighted by Gasteiger charge is 2.25. The van der Waals surface area contributed by atoms with Crippen molar-refractivity contribution in [2.45, 2.75) is 25.6 Å². The second kappa shape index (κ2) is 6.08. The van der Waals surface area contributed by atoms with Crippen molar-refractivity contribution in [1.29, 1.82) is 0 Å². The summed E-state index contributed by atoms with van der Waals surface area (Å²) in [4.78, 5) is 0. The average molecular weight is 271 g/mol. The van der Waals surface area contributed by atoms with Crippen molar-refractivity contribution in [2.24, 2.45) is 0 Å². The van der Waals surface area contributed by atoms with Crippen LogP contribution in [0.1, 0.15) is 18.4 Å². The van der Waals surface area contributed by atoms with E-state index in [1.807, 2.05) is 0 Å². The third-order valence-electron chi connectivity index (χ3n) is 2.19. The minimum absolute atomic E-state index is 0.0218. The standard InChI is InChI=1S/C11H11F6N/c12-8-4-7(5-9(13)10(8)14)6-18-3-1-2-11(15,16)17/h4-5,18H,1-3,6H2. The van der Waals surface area contributed by atoms with Crippen LogP contribution < -0.4 is 5.32 Å². The minimum atomic E-state index is -4.21. The molecule has 0 amide bonds. The van der Waals surface area contributed by atoms with Gasteiger partial charge in [-0.25, -0.2) is 13.2 Å². The summed E-state index contributed by atoms with van der Waals surface area (Å²) in [7, 11) is 0. The van der Waals surface area contributed by atoms with E-state index in [4.69, 9.17) is 0 Å². The maximum Gasteiger partial charge on any atom is 0.389 e. The first-order valence-electron chi connectivity index (χ1n) is 5.20. The normalized spacial score (nSPS) is 11.9. The SMILES string of the molecule is Fc1cc(CNCCCC(F)(F)F)cc(F)c1F. The fourth-order valence-electron chi connectivity index (χ4n) is 1.36. The van der Waals surface area contributed by atoms with Gasteiger partial charge in [0.15, 0.2) is 17.5 Å². The van der Waals surface area contributed by atoms with E-state index in [1.165, 1.54) is 0 Å². The van der Waals surface area contributed by atoms with Gasteiger partial charge in [-0.1, -0.05) is 0 Å². The van der Waals surface area contributed by atoms with E-state index in [0.717, 1.165) is 12.1 Å². The first-order chi connectivity index (χ1) is 8.29. The Bertz CT molecular complexity index is 378. The van der Waals surface area contributed by atoms with E-state index in [1.54, 1.807) is 0 Å². The number of hydrogen-bond acceptors (Lipinski definition) is 1. The van der Waals surface area contributed by atoms with Gasteiger partial charge in [-0.05, 0) is 30.7 Å². The fourth-order valence-corrected chi connectivity index (χ4v) is 1.36. The summed E-state index contributed by atoms with van der Waals surface area (Å²) < 4.78 is 73.5. The van der Waals surface area contributed by atoms with Gasteiger partial charge in [0.2, 0.25) is 0 Å². The Kier molecular flexibility index (Phi) is 5.01. The first kappa shape index (κ1) is 14.8. The smallest absolute Gasteiger partial charge is 0.313 e. The zero-order valence-electron chi connectivity index (χ0n) is 9.25. The molecule has 1 aromatic rings. The molecule has 0 aliphatic carbocycles. The number of halogens is 6. The Labute approximate surface area is 99.8 Å². The van der Waals surface area contributed by atoms with Crippen LogP contribution in [-0.2, 0) is 6.54 Å². The molecule has 7 heteroatoms. The molecule has 0 unspecified atom stereocenters. The molecule has 0 saturated heterocycles. The van der Waals surface area contributed by atoms with Gasteiger partial charge in [0.25, 0.3) is 0 Å². The number of alkyl halides is 3. The molecule has 1 aromatic carbocycles. The highest BCUT2D eigenvalue weighted by Crippen LogP contribution is 2.20. The van der Waals surface area contributed by atoms with Crippen LogP contribution in [0.4, 0.5) is 26.3 Å². The van der Waals surface area contributed by atoms with Crippen LogP contribution in [0.5, 0.6) is 0 Å². The van der Waals surface area contributed by atoms with E-state index in [9.17, 15) is 26.3 Å². The van der Waals surface area contributed by atoms with Gasteiger partial charge in [-0.2, -0.15) is 13.2 Å². The maximum absolute atomic E-state index is 12.8. The molecule has 0 heterocycles. The summed E-state index contributed by atoms with van der Waals surface area (Å²) in [6, 6.07) is 1.60. The molecule has 1 N–H and O–H groups in total. The van der Waals surface area contributed by atoms with Gasteiger partial charge >= 0.3 is 6.18 Å². The highest BCUT2D eigenvalue weighted by molar-refractivity contribution is 5.19. The molecule has 18 heavy (non-hydrogen) atoms. The molecule has 1 nitrogen and oxygen atoms in total. The van der Waals surface area contributed by atoms with Gasteiger partial charge in [-0.3, -0.25) is 0 Å². The summed E-state index contributed by atoms with van der Waals surface area (Å²) in [5.74, 6) is -4.19. The van der Waals surface area contributed by atoms with Crippen molar-refractivity contribution < 1.29 is 26.3 Å². The zero-order valence-corrected chi connectivity index (χ0v) is 9.25. The lowest BCUT2D eigenvalue weighted by atomic mass is 10.2. The van der Waals surface area contributed by atoms with Crippen LogP contribution in [0.2, 0.25) is 0 Å². The second-order valence-electron chi connectivity index (χ2n) is 3.77. The Balaban J connectivity index is 2.36. The van der Waals surface area contributed by atoms with Crippen LogP contribution in [0.15, 0.2) is 12.1 Å². The number of benzene rings is 1. The van der Waals surface area contributed by atoms with E-state index in [0.29, 0.717) is 0 Å². The third kappa shape index (κ3) is 4.95. The molecule has 0 fully saturated rings. The monoisotopic (exact) mass is 271 g/mol. The lowest BCUT2D eigenvalue weighted by Gasteiger charge is -2.08. The van der Waals surface area contributed by atoms with Crippen LogP contribution in [-0.4, -0.2) is 12.7 Å². The Morgan fingerprint density at radius 3 is 2.06 bits per heavy atom. The molecular formula is C11H11F6N. The topological polar surface area (TPSA) is 12.0 Å². The molecule has 0 aliphatic rings. The molecular weight excluding hydrogens is 260 g/mol. The predicted molar refractivity (Wildman–Crippen MR) is 53.3 cm³/mol. The summed E-state index contributed by atoms with van der Waals surface area (Å²) in [5.41, 5.74) is 0.137. The van der Waals surface area contributed by atoms with E-state index < -0.39 is 30.0 Å². The molecule has 0 aliphatic heterocycles. The number of nitrogens with one attached hydrogen (secondary N) is 1. The molecule has 0 bridgehead atoms. The van der Waals surface area contributed by atoms with E-state index in [2.05, 4.69) is 5.32 Å². The van der Waals surface area contributed by atoms with Crippen molar-refractivity contribution in [3.05, 3.63) is 35.1 Å². The van der Waals surface area contributed by atoms with E-state index >= 15 is 0 Å². The molecule has 1 rings (SSSR count). The van der Waals surface area contributed by atoms with Crippen molar-refractivity contribution in [3.8, 4) is 0 Å². The average Bonchev–Trinajstić information content (AvgIpc) is 2.23. The van der Waals surface area contributed by atoms with Crippen LogP contribution in [0.3, 0.4) is 0 Å². The summed E-state index contributed by atoms with van der Waals surface area (Å²) in [6.07, 6.45) is -5.27. The highest BCUT2D eigenvalue weighted by atomic mass is 19.4. The largest absolute Gasteiger partial charge is 0.389 e. The lowest BCUT2D eigenvalue weighted by molar-refractivity contribution is -0.135. The van der Waals surface area contributed by atoms with Crippen LogP contribution in [0.25, 0.3) is 0 Å². The summed E-state index contributed by atoms with van der Waals surface area (Å²) in [6.45, 7) is 0.0338. The maximum atomic E-state index is 12.8. The van der Waals surface area contributed by atoms with Gasteiger partial charge < -0.3 is 5.32 Å². The Morgan fingerprint density at radius 1 is 1.00 bits per heavy atom. The fraction of sp³-hybridized carbons (Fsp3) is 0.455. The van der Waals surface area contributed by atoms with Crippen LogP contribution >= 0.6 is 0 Å². The molecule has 0 aromatic heterocycles. The van der Waals surface area contributed by atoms with E-state index in [-0.39, 0.29) is 25.1 Å². The Hall–Kier alpha value is -1.24. The quantitative estimate of drug-likeness (QED) is 0.490. The summed E-state index contributed by atoms with van der Waals surface area (Å²) in [5, 5.41) is 2.59. The van der Waals surface area contributed by atoms with Crippen molar-refractivity contribution in [2.75, 3.05) is 6.54 Å². The van der Waals surface area contributed by atoms with Crippen molar-refractivity contribution >= 4 is 0 Å². The van der Waals surface area contributed by atoms with Gasteiger partial charge in [0.1, 0.15) is 0 Å². The molecule has 0 atom stereocenters. The molecule has 102 valence electrons. The first-order valence-corrected chi connectivity index (χ1v) is 5.20. The van der Waals surface area contributed by atoms with Crippen molar-refractivity contribution in [3.63, 3.8) is 0 Å². The summed E-state index contributed by atoms with van der Waals surface area (Å²) >= 11 is 0. The lowest BCUT2D eigenvalue weighted by Crippen LogP contribution is -2.18. The predicted octanol–water partition coefficient (Wildman–Crippen LogP) is 3.54. The Morgan fingerprint density at radius 2 is 1.56 bits per heavy atom.